The van der Waals surface area contributed by atoms with Gasteiger partial charge in [0.05, 0.1) is 19.3 Å². The van der Waals surface area contributed by atoms with E-state index in [1.165, 1.54) is 5.56 Å². The van der Waals surface area contributed by atoms with E-state index in [1.807, 2.05) is 36.4 Å². The highest BCUT2D eigenvalue weighted by Crippen LogP contribution is 2.31. The Balaban J connectivity index is 1.38. The molecule has 0 saturated carbocycles. The number of carbonyl (C=O) groups is 1. The first-order chi connectivity index (χ1) is 12.8. The van der Waals surface area contributed by atoms with Crippen LogP contribution in [-0.2, 0) is 13.0 Å². The van der Waals surface area contributed by atoms with Crippen molar-refractivity contribution < 1.29 is 9.53 Å². The minimum Gasteiger partial charge on any atom is -0.493 e. The highest BCUT2D eigenvalue weighted by Gasteiger charge is 2.13. The molecular weight excluding hydrogens is 330 g/mol. The van der Waals surface area contributed by atoms with Crippen molar-refractivity contribution in [2.24, 2.45) is 0 Å². The molecule has 0 saturated heterocycles. The molecule has 7 nitrogen and oxygen atoms in total. The quantitative estimate of drug-likeness (QED) is 0.742. The average molecular weight is 349 g/mol. The summed E-state index contributed by atoms with van der Waals surface area (Å²) in [4.78, 5) is 12.1. The first kappa shape index (κ1) is 16.1. The number of amides is 2. The van der Waals surface area contributed by atoms with E-state index < -0.39 is 0 Å². The Labute approximate surface area is 151 Å². The molecule has 4 rings (SSSR count). The molecule has 0 spiro atoms. The number of rotatable bonds is 5. The Morgan fingerprint density at radius 3 is 3.00 bits per heavy atom. The Morgan fingerprint density at radius 2 is 2.12 bits per heavy atom. The van der Waals surface area contributed by atoms with Crippen molar-refractivity contribution in [2.75, 3.05) is 18.5 Å². The van der Waals surface area contributed by atoms with Crippen LogP contribution in [0.3, 0.4) is 0 Å². The molecule has 3 aromatic rings. The van der Waals surface area contributed by atoms with E-state index in [0.29, 0.717) is 13.1 Å². The summed E-state index contributed by atoms with van der Waals surface area (Å²) in [7, 11) is 0. The number of hydrogen-bond donors (Lipinski definition) is 2. The molecule has 0 aliphatic carbocycles. The molecule has 132 valence electrons. The summed E-state index contributed by atoms with van der Waals surface area (Å²) in [5.41, 5.74) is 4.15. The second kappa shape index (κ2) is 7.26. The van der Waals surface area contributed by atoms with Gasteiger partial charge in [-0.15, -0.1) is 5.10 Å². The number of ether oxygens (including phenoxy) is 1. The predicted octanol–water partition coefficient (Wildman–Crippen LogP) is 2.70. The van der Waals surface area contributed by atoms with Gasteiger partial charge < -0.3 is 15.4 Å². The SMILES string of the molecule is O=C(NCCn1ccnn1)Nc1cccc(-c2ccc3c(c2)CCO3)c1. The summed E-state index contributed by atoms with van der Waals surface area (Å²) < 4.78 is 7.22. The first-order valence-electron chi connectivity index (χ1n) is 8.53. The molecule has 0 radical (unpaired) electrons. The fourth-order valence-corrected chi connectivity index (χ4v) is 2.95. The molecule has 7 heteroatoms. The summed E-state index contributed by atoms with van der Waals surface area (Å²) >= 11 is 0. The highest BCUT2D eigenvalue weighted by atomic mass is 16.5. The second-order valence-corrected chi connectivity index (χ2v) is 6.05. The lowest BCUT2D eigenvalue weighted by Crippen LogP contribution is -2.31. The van der Waals surface area contributed by atoms with E-state index in [2.05, 4.69) is 27.0 Å². The topological polar surface area (TPSA) is 81.1 Å². The molecule has 2 aromatic carbocycles. The Hall–Kier alpha value is -3.35. The number of nitrogens with one attached hydrogen (secondary N) is 2. The van der Waals surface area contributed by atoms with Gasteiger partial charge in [-0.05, 0) is 41.0 Å². The Bertz CT molecular complexity index is 908. The number of benzene rings is 2. The maximum Gasteiger partial charge on any atom is 0.319 e. The maximum absolute atomic E-state index is 12.1. The summed E-state index contributed by atoms with van der Waals surface area (Å²) in [6, 6.07) is 13.8. The van der Waals surface area contributed by atoms with Crippen LogP contribution < -0.4 is 15.4 Å². The van der Waals surface area contributed by atoms with Crippen LogP contribution in [0.2, 0.25) is 0 Å². The fourth-order valence-electron chi connectivity index (χ4n) is 2.95. The number of nitrogens with zero attached hydrogens (tertiary/aromatic N) is 3. The zero-order valence-electron chi connectivity index (χ0n) is 14.2. The smallest absolute Gasteiger partial charge is 0.319 e. The van der Waals surface area contributed by atoms with Crippen LogP contribution in [0.15, 0.2) is 54.9 Å². The van der Waals surface area contributed by atoms with Crippen LogP contribution >= 0.6 is 0 Å². The van der Waals surface area contributed by atoms with Gasteiger partial charge in [-0.3, -0.25) is 4.68 Å². The minimum atomic E-state index is -0.246. The van der Waals surface area contributed by atoms with E-state index in [-0.39, 0.29) is 6.03 Å². The molecule has 1 aliphatic rings. The number of hydrogen-bond acceptors (Lipinski definition) is 4. The first-order valence-corrected chi connectivity index (χ1v) is 8.53. The van der Waals surface area contributed by atoms with Gasteiger partial charge in [0.25, 0.3) is 0 Å². The Morgan fingerprint density at radius 1 is 1.19 bits per heavy atom. The van der Waals surface area contributed by atoms with Crippen molar-refractivity contribution in [2.45, 2.75) is 13.0 Å². The zero-order chi connectivity index (χ0) is 17.8. The molecule has 0 unspecified atom stereocenters. The van der Waals surface area contributed by atoms with Crippen molar-refractivity contribution >= 4 is 11.7 Å². The van der Waals surface area contributed by atoms with E-state index >= 15 is 0 Å². The normalized spacial score (nSPS) is 12.3. The minimum absolute atomic E-state index is 0.246. The van der Waals surface area contributed by atoms with E-state index in [1.54, 1.807) is 17.1 Å². The molecule has 2 N–H and O–H groups in total. The van der Waals surface area contributed by atoms with Gasteiger partial charge in [-0.25, -0.2) is 4.79 Å². The second-order valence-electron chi connectivity index (χ2n) is 6.05. The van der Waals surface area contributed by atoms with Gasteiger partial charge in [0.15, 0.2) is 0 Å². The number of carbonyl (C=O) groups excluding carboxylic acids is 1. The van der Waals surface area contributed by atoms with Gasteiger partial charge in [0, 0.05) is 24.8 Å². The van der Waals surface area contributed by atoms with Crippen molar-refractivity contribution in [3.05, 3.63) is 60.4 Å². The molecule has 2 amide bonds. The number of fused-ring (bicyclic) bond motifs is 1. The summed E-state index contributed by atoms with van der Waals surface area (Å²) in [5, 5.41) is 13.2. The van der Waals surface area contributed by atoms with Gasteiger partial charge in [0.2, 0.25) is 0 Å². The largest absolute Gasteiger partial charge is 0.493 e. The highest BCUT2D eigenvalue weighted by molar-refractivity contribution is 5.90. The van der Waals surface area contributed by atoms with Crippen molar-refractivity contribution in [1.29, 1.82) is 0 Å². The monoisotopic (exact) mass is 349 g/mol. The lowest BCUT2D eigenvalue weighted by atomic mass is 10.0. The van der Waals surface area contributed by atoms with Crippen LogP contribution in [0.4, 0.5) is 10.5 Å². The van der Waals surface area contributed by atoms with E-state index in [4.69, 9.17) is 4.74 Å². The van der Waals surface area contributed by atoms with Crippen LogP contribution in [0.1, 0.15) is 5.56 Å². The predicted molar refractivity (Wildman–Crippen MR) is 98.1 cm³/mol. The zero-order valence-corrected chi connectivity index (χ0v) is 14.2. The van der Waals surface area contributed by atoms with E-state index in [0.717, 1.165) is 35.6 Å². The van der Waals surface area contributed by atoms with Crippen molar-refractivity contribution in [3.63, 3.8) is 0 Å². The molecule has 2 heterocycles. The van der Waals surface area contributed by atoms with Crippen LogP contribution in [0.25, 0.3) is 11.1 Å². The average Bonchev–Trinajstić information content (AvgIpc) is 3.33. The summed E-state index contributed by atoms with van der Waals surface area (Å²) in [5.74, 6) is 0.967. The summed E-state index contributed by atoms with van der Waals surface area (Å²) in [6.45, 7) is 1.79. The number of anilines is 1. The van der Waals surface area contributed by atoms with Crippen LogP contribution in [-0.4, -0.2) is 34.2 Å². The van der Waals surface area contributed by atoms with Crippen LogP contribution in [0, 0.1) is 0 Å². The molecule has 0 bridgehead atoms. The molecule has 0 atom stereocenters. The van der Waals surface area contributed by atoms with E-state index in [9.17, 15) is 4.79 Å². The van der Waals surface area contributed by atoms with Crippen LogP contribution in [0.5, 0.6) is 5.75 Å². The standard InChI is InChI=1S/C19H19N5O2/c25-19(20-7-9-24-10-8-21-23-24)22-17-3-1-2-14(13-17)15-4-5-18-16(12-15)6-11-26-18/h1-5,8,10,12-13H,6-7,9,11H2,(H2,20,22,25). The molecule has 26 heavy (non-hydrogen) atoms. The molecule has 1 aliphatic heterocycles. The fraction of sp³-hybridized carbons (Fsp3) is 0.211. The lowest BCUT2D eigenvalue weighted by molar-refractivity contribution is 0.251. The molecule has 0 fully saturated rings. The number of aromatic nitrogens is 3. The third kappa shape index (κ3) is 3.66. The van der Waals surface area contributed by atoms with Gasteiger partial charge in [-0.2, -0.15) is 0 Å². The third-order valence-electron chi connectivity index (χ3n) is 4.24. The van der Waals surface area contributed by atoms with Gasteiger partial charge in [0.1, 0.15) is 5.75 Å². The van der Waals surface area contributed by atoms with Gasteiger partial charge in [-0.1, -0.05) is 23.4 Å². The maximum atomic E-state index is 12.1. The summed E-state index contributed by atoms with van der Waals surface area (Å²) in [6.07, 6.45) is 4.30. The number of urea groups is 1. The van der Waals surface area contributed by atoms with Crippen molar-refractivity contribution in [1.82, 2.24) is 20.3 Å². The Kier molecular flexibility index (Phi) is 4.51. The van der Waals surface area contributed by atoms with Crippen molar-refractivity contribution in [3.8, 4) is 16.9 Å². The third-order valence-corrected chi connectivity index (χ3v) is 4.24. The molecular formula is C19H19N5O2. The molecule has 1 aromatic heterocycles. The van der Waals surface area contributed by atoms with Gasteiger partial charge >= 0.3 is 6.03 Å². The lowest BCUT2D eigenvalue weighted by Gasteiger charge is -2.10.